The highest BCUT2D eigenvalue weighted by atomic mass is 35.5. The van der Waals surface area contributed by atoms with Crippen molar-refractivity contribution in [2.75, 3.05) is 19.0 Å². The summed E-state index contributed by atoms with van der Waals surface area (Å²) in [4.78, 5) is 35.9. The van der Waals surface area contributed by atoms with Crippen LogP contribution in [0.5, 0.6) is 5.75 Å². The number of halogens is 1. The summed E-state index contributed by atoms with van der Waals surface area (Å²) in [7, 11) is 1.52. The predicted octanol–water partition coefficient (Wildman–Crippen LogP) is 2.65. The van der Waals surface area contributed by atoms with Crippen LogP contribution < -0.4 is 15.4 Å². The van der Waals surface area contributed by atoms with Crippen LogP contribution in [0.2, 0.25) is 5.02 Å². The van der Waals surface area contributed by atoms with Crippen molar-refractivity contribution in [3.05, 3.63) is 59.1 Å². The van der Waals surface area contributed by atoms with Gasteiger partial charge in [-0.15, -0.1) is 0 Å². The van der Waals surface area contributed by atoms with E-state index in [1.165, 1.54) is 14.0 Å². The minimum atomic E-state index is -1.02. The number of hydrogen-bond donors (Lipinski definition) is 2. The normalized spacial score (nSPS) is 11.2. The van der Waals surface area contributed by atoms with Gasteiger partial charge in [0, 0.05) is 16.3 Å². The predicted molar refractivity (Wildman–Crippen MR) is 101 cm³/mol. The fourth-order valence-corrected chi connectivity index (χ4v) is 2.19. The lowest BCUT2D eigenvalue weighted by molar-refractivity contribution is -0.152. The van der Waals surface area contributed by atoms with Crippen molar-refractivity contribution in [2.45, 2.75) is 13.0 Å². The number of carbonyl (C=O) groups excluding carboxylic acids is 3. The van der Waals surface area contributed by atoms with Crippen LogP contribution in [0.15, 0.2) is 48.5 Å². The van der Waals surface area contributed by atoms with Crippen LogP contribution in [0.3, 0.4) is 0 Å². The first-order valence-corrected chi connectivity index (χ1v) is 8.45. The lowest BCUT2D eigenvalue weighted by Crippen LogP contribution is -2.35. The maximum absolute atomic E-state index is 12.0. The lowest BCUT2D eigenvalue weighted by Gasteiger charge is -2.14. The van der Waals surface area contributed by atoms with Crippen molar-refractivity contribution in [1.29, 1.82) is 0 Å². The molecule has 8 heteroatoms. The zero-order valence-electron chi connectivity index (χ0n) is 14.8. The van der Waals surface area contributed by atoms with Gasteiger partial charge in [0.1, 0.15) is 12.3 Å². The zero-order chi connectivity index (χ0) is 19.8. The average molecular weight is 391 g/mol. The summed E-state index contributed by atoms with van der Waals surface area (Å²) in [5.74, 6) is -1.04. The Balaban J connectivity index is 1.78. The molecule has 0 aliphatic carbocycles. The van der Waals surface area contributed by atoms with Crippen molar-refractivity contribution in [2.24, 2.45) is 0 Å². The number of benzene rings is 2. The number of hydrogen-bond acceptors (Lipinski definition) is 5. The third-order valence-corrected chi connectivity index (χ3v) is 3.79. The largest absolute Gasteiger partial charge is 0.497 e. The quantitative estimate of drug-likeness (QED) is 0.709. The lowest BCUT2D eigenvalue weighted by atomic mass is 10.2. The van der Waals surface area contributed by atoms with Gasteiger partial charge in [-0.05, 0) is 55.5 Å². The Morgan fingerprint density at radius 3 is 2.26 bits per heavy atom. The fraction of sp³-hybridized carbons (Fsp3) is 0.211. The standard InChI is InChI=1S/C19H19ClN2O5/c1-12(18(24)22-15-7-5-14(20)6-8-15)27-17(23)11-21-19(25)13-3-9-16(26-2)10-4-13/h3-10,12H,11H2,1-2H3,(H,21,25)(H,22,24)/t12-/m1/s1. The Labute approximate surface area is 161 Å². The van der Waals surface area contributed by atoms with E-state index in [9.17, 15) is 14.4 Å². The maximum Gasteiger partial charge on any atom is 0.326 e. The van der Waals surface area contributed by atoms with Gasteiger partial charge in [0.2, 0.25) is 0 Å². The zero-order valence-corrected chi connectivity index (χ0v) is 15.6. The second-order valence-corrected chi connectivity index (χ2v) is 5.98. The molecule has 2 N–H and O–H groups in total. The molecule has 0 unspecified atom stereocenters. The van der Waals surface area contributed by atoms with Crippen molar-refractivity contribution in [3.8, 4) is 5.75 Å². The number of nitrogens with one attached hydrogen (secondary N) is 2. The molecule has 0 saturated carbocycles. The SMILES string of the molecule is COc1ccc(C(=O)NCC(=O)O[C@H](C)C(=O)Nc2ccc(Cl)cc2)cc1. The van der Waals surface area contributed by atoms with Crippen LogP contribution in [0.25, 0.3) is 0 Å². The monoisotopic (exact) mass is 390 g/mol. The Bertz CT molecular complexity index is 806. The molecule has 0 saturated heterocycles. The van der Waals surface area contributed by atoms with Crippen LogP contribution in [-0.2, 0) is 14.3 Å². The Morgan fingerprint density at radius 2 is 1.67 bits per heavy atom. The molecule has 0 fully saturated rings. The molecule has 27 heavy (non-hydrogen) atoms. The molecule has 142 valence electrons. The van der Waals surface area contributed by atoms with Crippen LogP contribution in [0.4, 0.5) is 5.69 Å². The van der Waals surface area contributed by atoms with E-state index in [0.29, 0.717) is 22.0 Å². The number of amides is 2. The molecule has 0 aromatic heterocycles. The van der Waals surface area contributed by atoms with Gasteiger partial charge < -0.3 is 20.1 Å². The Hall–Kier alpha value is -3.06. The molecule has 0 aliphatic rings. The number of anilines is 1. The number of esters is 1. The molecule has 0 spiro atoms. The minimum absolute atomic E-state index is 0.358. The van der Waals surface area contributed by atoms with Gasteiger partial charge in [0.15, 0.2) is 6.10 Å². The second-order valence-electron chi connectivity index (χ2n) is 5.54. The summed E-state index contributed by atoms with van der Waals surface area (Å²) in [5, 5.41) is 5.58. The minimum Gasteiger partial charge on any atom is -0.497 e. The molecule has 7 nitrogen and oxygen atoms in total. The van der Waals surface area contributed by atoms with Crippen molar-refractivity contribution in [3.63, 3.8) is 0 Å². The van der Waals surface area contributed by atoms with E-state index in [-0.39, 0.29) is 6.54 Å². The first-order chi connectivity index (χ1) is 12.9. The Morgan fingerprint density at radius 1 is 1.04 bits per heavy atom. The second kappa shape index (κ2) is 9.59. The molecule has 0 bridgehead atoms. The van der Waals surface area contributed by atoms with Crippen molar-refractivity contribution >= 4 is 35.1 Å². The average Bonchev–Trinajstić information content (AvgIpc) is 2.67. The van der Waals surface area contributed by atoms with Gasteiger partial charge in [0.05, 0.1) is 7.11 Å². The van der Waals surface area contributed by atoms with Crippen molar-refractivity contribution in [1.82, 2.24) is 5.32 Å². The molecule has 0 radical (unpaired) electrons. The van der Waals surface area contributed by atoms with E-state index in [0.717, 1.165) is 0 Å². The molecule has 0 heterocycles. The summed E-state index contributed by atoms with van der Waals surface area (Å²) in [6.45, 7) is 1.08. The molecular weight excluding hydrogens is 372 g/mol. The molecule has 1 atom stereocenters. The van der Waals surface area contributed by atoms with E-state index < -0.39 is 23.9 Å². The van der Waals surface area contributed by atoms with Gasteiger partial charge >= 0.3 is 5.97 Å². The van der Waals surface area contributed by atoms with Crippen LogP contribution in [0, 0.1) is 0 Å². The van der Waals surface area contributed by atoms with E-state index in [1.807, 2.05) is 0 Å². The smallest absolute Gasteiger partial charge is 0.326 e. The molecule has 0 aliphatic heterocycles. The number of methoxy groups -OCH3 is 1. The summed E-state index contributed by atoms with van der Waals surface area (Å²) in [6.07, 6.45) is -1.02. The van der Waals surface area contributed by atoms with Crippen LogP contribution >= 0.6 is 11.6 Å². The topological polar surface area (TPSA) is 93.7 Å². The summed E-state index contributed by atoms with van der Waals surface area (Å²) in [5.41, 5.74) is 0.900. The summed E-state index contributed by atoms with van der Waals surface area (Å²) >= 11 is 5.78. The molecule has 2 aromatic carbocycles. The van der Waals surface area contributed by atoms with Crippen LogP contribution in [-0.4, -0.2) is 37.5 Å². The highest BCUT2D eigenvalue weighted by Gasteiger charge is 2.18. The van der Waals surface area contributed by atoms with Gasteiger partial charge in [0.25, 0.3) is 11.8 Å². The first kappa shape index (κ1) is 20.3. The third kappa shape index (κ3) is 6.31. The number of ether oxygens (including phenoxy) is 2. The van der Waals surface area contributed by atoms with E-state index in [1.54, 1.807) is 48.5 Å². The Kier molecular flexibility index (Phi) is 7.19. The molecule has 2 aromatic rings. The van der Waals surface area contributed by atoms with Crippen LogP contribution in [0.1, 0.15) is 17.3 Å². The number of carbonyl (C=O) groups is 3. The summed E-state index contributed by atoms with van der Waals surface area (Å²) in [6, 6.07) is 12.9. The number of rotatable bonds is 7. The highest BCUT2D eigenvalue weighted by Crippen LogP contribution is 2.14. The van der Waals surface area contributed by atoms with E-state index in [2.05, 4.69) is 10.6 Å². The fourth-order valence-electron chi connectivity index (χ4n) is 2.07. The third-order valence-electron chi connectivity index (χ3n) is 3.53. The van der Waals surface area contributed by atoms with E-state index in [4.69, 9.17) is 21.1 Å². The summed E-state index contributed by atoms with van der Waals surface area (Å²) < 4.78 is 10.0. The first-order valence-electron chi connectivity index (χ1n) is 8.07. The molecule has 2 rings (SSSR count). The highest BCUT2D eigenvalue weighted by molar-refractivity contribution is 6.30. The molecular formula is C19H19ClN2O5. The maximum atomic E-state index is 12.0. The van der Waals surface area contributed by atoms with Gasteiger partial charge in [-0.1, -0.05) is 11.6 Å². The van der Waals surface area contributed by atoms with E-state index >= 15 is 0 Å². The van der Waals surface area contributed by atoms with Gasteiger partial charge in [-0.3, -0.25) is 14.4 Å². The van der Waals surface area contributed by atoms with Crippen molar-refractivity contribution < 1.29 is 23.9 Å². The van der Waals surface area contributed by atoms with Gasteiger partial charge in [-0.25, -0.2) is 0 Å². The molecule has 2 amide bonds. The van der Waals surface area contributed by atoms with Gasteiger partial charge in [-0.2, -0.15) is 0 Å².